The zero-order valence-corrected chi connectivity index (χ0v) is 21.3. The lowest BCUT2D eigenvalue weighted by molar-refractivity contribution is 0.0463. The molecular weight excluding hydrogens is 483 g/mol. The third-order valence-electron chi connectivity index (χ3n) is 6.04. The van der Waals surface area contributed by atoms with Crippen molar-refractivity contribution in [3.05, 3.63) is 71.5 Å². The largest absolute Gasteiger partial charge is 0.492 e. The van der Waals surface area contributed by atoms with Crippen LogP contribution in [0.1, 0.15) is 31.0 Å². The molecular formula is C27H29FN2O5S. The van der Waals surface area contributed by atoms with E-state index >= 15 is 0 Å². The van der Waals surface area contributed by atoms with Crippen LogP contribution in [-0.2, 0) is 19.3 Å². The topological polar surface area (TPSA) is 98.6 Å². The van der Waals surface area contributed by atoms with Crippen LogP contribution in [0.25, 0.3) is 28.6 Å². The van der Waals surface area contributed by atoms with Gasteiger partial charge in [-0.2, -0.15) is 0 Å². The van der Waals surface area contributed by atoms with Crippen LogP contribution in [0.5, 0.6) is 0 Å². The van der Waals surface area contributed by atoms with Crippen LogP contribution in [-0.4, -0.2) is 55.2 Å². The highest BCUT2D eigenvalue weighted by molar-refractivity contribution is 7.90. The van der Waals surface area contributed by atoms with Gasteiger partial charge in [0.25, 0.3) is 0 Å². The molecule has 0 bridgehead atoms. The number of pyridine rings is 2. The number of aliphatic hydroxyl groups excluding tert-OH is 1. The van der Waals surface area contributed by atoms with Gasteiger partial charge in [-0.25, -0.2) is 17.8 Å². The van der Waals surface area contributed by atoms with Gasteiger partial charge in [0.15, 0.2) is 9.84 Å². The number of halogens is 1. The smallest absolute Gasteiger partial charge is 0.177 e. The van der Waals surface area contributed by atoms with Crippen molar-refractivity contribution in [3.8, 4) is 22.5 Å². The number of sulfone groups is 1. The number of allylic oxidation sites excluding steroid dienone is 1. The summed E-state index contributed by atoms with van der Waals surface area (Å²) in [4.78, 5) is 8.98. The lowest BCUT2D eigenvalue weighted by Gasteiger charge is -2.15. The zero-order valence-electron chi connectivity index (χ0n) is 20.4. The van der Waals surface area contributed by atoms with Crippen LogP contribution in [0.15, 0.2) is 59.3 Å². The van der Waals surface area contributed by atoms with Crippen LogP contribution in [0, 0.1) is 12.7 Å². The Hall–Kier alpha value is -3.14. The van der Waals surface area contributed by atoms with E-state index in [1.54, 1.807) is 37.3 Å². The molecule has 3 aromatic rings. The molecule has 1 aliphatic heterocycles. The Morgan fingerprint density at radius 1 is 1.22 bits per heavy atom. The summed E-state index contributed by atoms with van der Waals surface area (Å²) in [7, 11) is -3.32. The van der Waals surface area contributed by atoms with E-state index in [2.05, 4.69) is 9.97 Å². The molecule has 7 nitrogen and oxygen atoms in total. The molecule has 1 aliphatic rings. The van der Waals surface area contributed by atoms with Gasteiger partial charge in [0.1, 0.15) is 17.6 Å². The summed E-state index contributed by atoms with van der Waals surface area (Å²) in [6.45, 7) is 4.16. The number of hydrogen-bond acceptors (Lipinski definition) is 7. The Kier molecular flexibility index (Phi) is 7.82. The predicted octanol–water partition coefficient (Wildman–Crippen LogP) is 4.58. The Balaban J connectivity index is 1.58. The molecule has 2 atom stereocenters. The Morgan fingerprint density at radius 2 is 1.94 bits per heavy atom. The van der Waals surface area contributed by atoms with Crippen LogP contribution in [0.4, 0.5) is 4.39 Å². The molecule has 1 N–H and O–H groups in total. The Morgan fingerprint density at radius 3 is 2.53 bits per heavy atom. The molecule has 1 fully saturated rings. The minimum atomic E-state index is -3.32. The maximum Gasteiger partial charge on any atom is 0.177 e. The van der Waals surface area contributed by atoms with E-state index in [0.29, 0.717) is 47.7 Å². The summed E-state index contributed by atoms with van der Waals surface area (Å²) in [5.41, 5.74) is 3.51. The van der Waals surface area contributed by atoms with E-state index in [9.17, 15) is 17.9 Å². The van der Waals surface area contributed by atoms with Crippen molar-refractivity contribution in [2.75, 3.05) is 19.5 Å². The average molecular weight is 513 g/mol. The summed E-state index contributed by atoms with van der Waals surface area (Å²) >= 11 is 0. The van der Waals surface area contributed by atoms with Crippen molar-refractivity contribution in [2.24, 2.45) is 0 Å². The summed E-state index contributed by atoms with van der Waals surface area (Å²) < 4.78 is 49.8. The van der Waals surface area contributed by atoms with E-state index < -0.39 is 15.7 Å². The van der Waals surface area contributed by atoms with E-state index in [-0.39, 0.29) is 29.4 Å². The minimum Gasteiger partial charge on any atom is -0.492 e. The van der Waals surface area contributed by atoms with Crippen molar-refractivity contribution in [3.63, 3.8) is 0 Å². The number of aromatic nitrogens is 2. The van der Waals surface area contributed by atoms with E-state index in [4.69, 9.17) is 9.47 Å². The predicted molar refractivity (Wildman–Crippen MR) is 135 cm³/mol. The molecule has 9 heteroatoms. The number of rotatable bonds is 8. The van der Waals surface area contributed by atoms with E-state index in [0.717, 1.165) is 11.8 Å². The highest BCUT2D eigenvalue weighted by Gasteiger charge is 2.26. The molecule has 0 amide bonds. The van der Waals surface area contributed by atoms with Crippen LogP contribution in [0.3, 0.4) is 0 Å². The second-order valence-electron chi connectivity index (χ2n) is 8.83. The first kappa shape index (κ1) is 25.9. The van der Waals surface area contributed by atoms with Gasteiger partial charge in [0, 0.05) is 42.5 Å². The van der Waals surface area contributed by atoms with Gasteiger partial charge in [-0.1, -0.05) is 31.2 Å². The normalized spacial score (nSPS) is 18.4. The Labute approximate surface area is 210 Å². The molecule has 0 aliphatic carbocycles. The molecule has 1 saturated heterocycles. The number of aryl methyl sites for hydroxylation is 1. The number of aliphatic hydroxyl groups is 1. The fourth-order valence-corrected chi connectivity index (χ4v) is 4.54. The lowest BCUT2D eigenvalue weighted by Crippen LogP contribution is -2.14. The van der Waals surface area contributed by atoms with E-state index in [1.807, 2.05) is 13.0 Å². The zero-order chi connectivity index (χ0) is 25.9. The standard InChI is InChI=1S/C27H29FN2O5S/c1-4-20(35-22-12-21(15-31)34-16-22)13-26-17(2)11-24(28)27(30-26)19-7-5-18(6-8-19)25-10-9-23(14-29-25)36(3,32)33/h5-11,13-14,21-22,31H,4,12,15-16H2,1-3H3/b20-13+/t21?,22-/m0/s1. The fraction of sp³-hybridized carbons (Fsp3) is 0.333. The maximum absolute atomic E-state index is 14.9. The van der Waals surface area contributed by atoms with Gasteiger partial charge < -0.3 is 14.6 Å². The quantitative estimate of drug-likeness (QED) is 0.441. The molecule has 0 saturated carbocycles. The van der Waals surface area contributed by atoms with Crippen molar-refractivity contribution < 1.29 is 27.4 Å². The molecule has 2 aromatic heterocycles. The lowest BCUT2D eigenvalue weighted by atomic mass is 10.0. The van der Waals surface area contributed by atoms with Gasteiger partial charge in [-0.15, -0.1) is 0 Å². The molecule has 36 heavy (non-hydrogen) atoms. The maximum atomic E-state index is 14.9. The second kappa shape index (κ2) is 10.9. The number of hydrogen-bond donors (Lipinski definition) is 1. The number of nitrogens with zero attached hydrogens (tertiary/aromatic N) is 2. The van der Waals surface area contributed by atoms with Crippen molar-refractivity contribution in [2.45, 2.75) is 43.8 Å². The molecule has 190 valence electrons. The van der Waals surface area contributed by atoms with Crippen LogP contribution in [0.2, 0.25) is 0 Å². The molecule has 0 spiro atoms. The first-order valence-electron chi connectivity index (χ1n) is 11.7. The monoisotopic (exact) mass is 512 g/mol. The second-order valence-corrected chi connectivity index (χ2v) is 10.8. The molecule has 1 unspecified atom stereocenters. The van der Waals surface area contributed by atoms with Crippen LogP contribution < -0.4 is 0 Å². The molecule has 0 radical (unpaired) electrons. The van der Waals surface area contributed by atoms with Gasteiger partial charge in [0.05, 0.1) is 41.4 Å². The summed E-state index contributed by atoms with van der Waals surface area (Å²) in [5, 5.41) is 9.27. The van der Waals surface area contributed by atoms with Gasteiger partial charge in [0.2, 0.25) is 0 Å². The third-order valence-corrected chi connectivity index (χ3v) is 7.13. The molecule has 4 rings (SSSR count). The molecule has 1 aromatic carbocycles. The molecule has 3 heterocycles. The Bertz CT molecular complexity index is 1360. The first-order chi connectivity index (χ1) is 17.2. The van der Waals surface area contributed by atoms with Crippen molar-refractivity contribution in [1.29, 1.82) is 0 Å². The number of ether oxygens (including phenoxy) is 2. The third kappa shape index (κ3) is 5.98. The number of benzene rings is 1. The van der Waals surface area contributed by atoms with Gasteiger partial charge in [-0.05, 0) is 30.7 Å². The average Bonchev–Trinajstić information content (AvgIpc) is 3.32. The first-order valence-corrected chi connectivity index (χ1v) is 13.6. The SMILES string of the molecule is CC/C(=C\c1nc(-c2ccc(-c3ccc(S(C)(=O)=O)cn3)cc2)c(F)cc1C)O[C@@H]1COC(CO)C1. The highest BCUT2D eigenvalue weighted by atomic mass is 32.2. The summed E-state index contributed by atoms with van der Waals surface area (Å²) in [6.07, 6.45) is 5.19. The van der Waals surface area contributed by atoms with Crippen LogP contribution >= 0.6 is 0 Å². The summed E-state index contributed by atoms with van der Waals surface area (Å²) in [5.74, 6) is 0.288. The van der Waals surface area contributed by atoms with Gasteiger partial charge in [-0.3, -0.25) is 4.98 Å². The fourth-order valence-electron chi connectivity index (χ4n) is 3.98. The van der Waals surface area contributed by atoms with Gasteiger partial charge >= 0.3 is 0 Å². The van der Waals surface area contributed by atoms with Crippen molar-refractivity contribution in [1.82, 2.24) is 9.97 Å². The summed E-state index contributed by atoms with van der Waals surface area (Å²) in [6, 6.07) is 11.7. The van der Waals surface area contributed by atoms with Crippen molar-refractivity contribution >= 4 is 15.9 Å². The minimum absolute atomic E-state index is 0.0339. The highest BCUT2D eigenvalue weighted by Crippen LogP contribution is 2.28. The van der Waals surface area contributed by atoms with E-state index in [1.165, 1.54) is 18.3 Å².